The molecule has 1 rings (SSSR count). The molecule has 4 heteroatoms. The first kappa shape index (κ1) is 11.5. The molecule has 0 atom stereocenters. The van der Waals surface area contributed by atoms with Gasteiger partial charge >= 0.3 is 5.97 Å². The van der Waals surface area contributed by atoms with E-state index in [4.69, 9.17) is 14.6 Å². The zero-order chi connectivity index (χ0) is 10.2. The van der Waals surface area contributed by atoms with Crippen LogP contribution in [0, 0.1) is 5.92 Å². The second-order valence-electron chi connectivity index (χ2n) is 3.63. The van der Waals surface area contributed by atoms with Crippen LogP contribution in [0.25, 0.3) is 0 Å². The molecule has 0 aromatic carbocycles. The van der Waals surface area contributed by atoms with Gasteiger partial charge in [0.15, 0.2) is 0 Å². The molecule has 1 saturated heterocycles. The Morgan fingerprint density at radius 3 is 2.79 bits per heavy atom. The van der Waals surface area contributed by atoms with Crippen LogP contribution in [0.5, 0.6) is 0 Å². The largest absolute Gasteiger partial charge is 0.481 e. The molecule has 0 aromatic heterocycles. The van der Waals surface area contributed by atoms with Crippen molar-refractivity contribution in [1.29, 1.82) is 0 Å². The van der Waals surface area contributed by atoms with Gasteiger partial charge in [0.05, 0.1) is 0 Å². The Kier molecular flexibility index (Phi) is 5.56. The molecule has 1 aliphatic rings. The molecule has 0 saturated carbocycles. The Labute approximate surface area is 84.2 Å². The summed E-state index contributed by atoms with van der Waals surface area (Å²) in [5, 5.41) is 8.39. The van der Waals surface area contributed by atoms with Crippen LogP contribution in [0.3, 0.4) is 0 Å². The zero-order valence-corrected chi connectivity index (χ0v) is 8.41. The average Bonchev–Trinajstić information content (AvgIpc) is 2.18. The summed E-state index contributed by atoms with van der Waals surface area (Å²) >= 11 is 0. The highest BCUT2D eigenvalue weighted by molar-refractivity contribution is 5.66. The van der Waals surface area contributed by atoms with Crippen LogP contribution in [0.2, 0.25) is 0 Å². The van der Waals surface area contributed by atoms with Gasteiger partial charge in [-0.25, -0.2) is 0 Å². The van der Waals surface area contributed by atoms with E-state index in [0.717, 1.165) is 32.7 Å². The third-order valence-electron chi connectivity index (χ3n) is 2.37. The lowest BCUT2D eigenvalue weighted by atomic mass is 10.0. The van der Waals surface area contributed by atoms with Crippen molar-refractivity contribution < 1.29 is 19.4 Å². The fourth-order valence-corrected chi connectivity index (χ4v) is 1.49. The van der Waals surface area contributed by atoms with Gasteiger partial charge in [-0.3, -0.25) is 4.79 Å². The van der Waals surface area contributed by atoms with Crippen LogP contribution in [0.4, 0.5) is 0 Å². The van der Waals surface area contributed by atoms with Crippen LogP contribution in [0.15, 0.2) is 0 Å². The molecular formula is C10H18O4. The summed E-state index contributed by atoms with van der Waals surface area (Å²) < 4.78 is 10.6. The summed E-state index contributed by atoms with van der Waals surface area (Å²) in [5.41, 5.74) is 0. The van der Waals surface area contributed by atoms with Crippen molar-refractivity contribution in [3.05, 3.63) is 0 Å². The van der Waals surface area contributed by atoms with E-state index in [1.54, 1.807) is 0 Å². The Hall–Kier alpha value is -0.610. The van der Waals surface area contributed by atoms with Gasteiger partial charge in [-0.1, -0.05) is 0 Å². The molecule has 1 fully saturated rings. The van der Waals surface area contributed by atoms with Crippen molar-refractivity contribution in [3.63, 3.8) is 0 Å². The van der Waals surface area contributed by atoms with Crippen molar-refractivity contribution in [3.8, 4) is 0 Å². The number of ether oxygens (including phenoxy) is 2. The first-order chi connectivity index (χ1) is 6.79. The molecule has 0 bridgehead atoms. The minimum atomic E-state index is -0.750. The van der Waals surface area contributed by atoms with Crippen LogP contribution < -0.4 is 0 Å². The molecule has 4 nitrogen and oxygen atoms in total. The summed E-state index contributed by atoms with van der Waals surface area (Å²) in [6.45, 7) is 2.99. The van der Waals surface area contributed by atoms with Gasteiger partial charge in [-0.15, -0.1) is 0 Å². The summed E-state index contributed by atoms with van der Waals surface area (Å²) in [4.78, 5) is 10.2. The summed E-state index contributed by atoms with van der Waals surface area (Å²) in [5.74, 6) is -0.145. The third-order valence-corrected chi connectivity index (χ3v) is 2.37. The third kappa shape index (κ3) is 5.19. The molecule has 0 aromatic rings. The minimum Gasteiger partial charge on any atom is -0.481 e. The SMILES string of the molecule is O=C(O)CCCOCC1CCOCC1. The molecule has 14 heavy (non-hydrogen) atoms. The Balaban J connectivity index is 1.90. The second kappa shape index (κ2) is 6.79. The standard InChI is InChI=1S/C10H18O4/c11-10(12)2-1-5-14-8-9-3-6-13-7-4-9/h9H,1-8H2,(H,11,12). The maximum Gasteiger partial charge on any atom is 0.303 e. The lowest BCUT2D eigenvalue weighted by Gasteiger charge is -2.21. The smallest absolute Gasteiger partial charge is 0.303 e. The van der Waals surface area contributed by atoms with Crippen LogP contribution in [-0.4, -0.2) is 37.5 Å². The molecule has 0 spiro atoms. The van der Waals surface area contributed by atoms with E-state index in [2.05, 4.69) is 0 Å². The number of carbonyl (C=O) groups is 1. The monoisotopic (exact) mass is 202 g/mol. The highest BCUT2D eigenvalue weighted by Gasteiger charge is 2.13. The van der Waals surface area contributed by atoms with E-state index in [1.807, 2.05) is 0 Å². The van der Waals surface area contributed by atoms with Gasteiger partial charge in [0.1, 0.15) is 0 Å². The fraction of sp³-hybridized carbons (Fsp3) is 0.900. The highest BCUT2D eigenvalue weighted by atomic mass is 16.5. The predicted octanol–water partition coefficient (Wildman–Crippen LogP) is 1.29. The van der Waals surface area contributed by atoms with Crippen LogP contribution >= 0.6 is 0 Å². The normalized spacial score (nSPS) is 18.3. The van der Waals surface area contributed by atoms with E-state index in [0.29, 0.717) is 18.9 Å². The second-order valence-corrected chi connectivity index (χ2v) is 3.63. The van der Waals surface area contributed by atoms with Crippen molar-refractivity contribution in [1.82, 2.24) is 0 Å². The minimum absolute atomic E-state index is 0.202. The summed E-state index contributed by atoms with van der Waals surface area (Å²) in [7, 11) is 0. The van der Waals surface area contributed by atoms with Gasteiger partial charge in [-0.05, 0) is 25.2 Å². The number of carboxylic acid groups (broad SMARTS) is 1. The highest BCUT2D eigenvalue weighted by Crippen LogP contribution is 2.14. The van der Waals surface area contributed by atoms with Crippen molar-refractivity contribution >= 4 is 5.97 Å². The number of hydrogen-bond acceptors (Lipinski definition) is 3. The lowest BCUT2D eigenvalue weighted by Crippen LogP contribution is -2.20. The Morgan fingerprint density at radius 2 is 2.14 bits per heavy atom. The molecule has 0 radical (unpaired) electrons. The average molecular weight is 202 g/mol. The summed E-state index contributed by atoms with van der Waals surface area (Å²) in [6, 6.07) is 0. The molecule has 1 N–H and O–H groups in total. The molecule has 0 unspecified atom stereocenters. The van der Waals surface area contributed by atoms with Gasteiger partial charge in [0, 0.05) is 32.8 Å². The number of aliphatic carboxylic acids is 1. The van der Waals surface area contributed by atoms with Crippen molar-refractivity contribution in [2.24, 2.45) is 5.92 Å². The van der Waals surface area contributed by atoms with E-state index in [-0.39, 0.29) is 6.42 Å². The molecule has 82 valence electrons. The van der Waals surface area contributed by atoms with Crippen LogP contribution in [0.1, 0.15) is 25.7 Å². The maximum atomic E-state index is 10.2. The van der Waals surface area contributed by atoms with Gasteiger partial charge in [0.2, 0.25) is 0 Å². The molecular weight excluding hydrogens is 184 g/mol. The summed E-state index contributed by atoms with van der Waals surface area (Å²) in [6.07, 6.45) is 2.95. The Morgan fingerprint density at radius 1 is 1.43 bits per heavy atom. The zero-order valence-electron chi connectivity index (χ0n) is 8.41. The van der Waals surface area contributed by atoms with Crippen molar-refractivity contribution in [2.45, 2.75) is 25.7 Å². The number of carboxylic acids is 1. The molecule has 0 amide bonds. The number of hydrogen-bond donors (Lipinski definition) is 1. The van der Waals surface area contributed by atoms with Gasteiger partial charge in [0.25, 0.3) is 0 Å². The first-order valence-corrected chi connectivity index (χ1v) is 5.16. The molecule has 1 aliphatic heterocycles. The van der Waals surface area contributed by atoms with Crippen molar-refractivity contribution in [2.75, 3.05) is 26.4 Å². The fourth-order valence-electron chi connectivity index (χ4n) is 1.49. The van der Waals surface area contributed by atoms with Crippen LogP contribution in [-0.2, 0) is 14.3 Å². The molecule has 0 aliphatic carbocycles. The Bertz CT molecular complexity index is 164. The predicted molar refractivity (Wildman–Crippen MR) is 51.2 cm³/mol. The molecule has 1 heterocycles. The van der Waals surface area contributed by atoms with E-state index in [1.165, 1.54) is 0 Å². The van der Waals surface area contributed by atoms with Gasteiger partial charge in [-0.2, -0.15) is 0 Å². The van der Waals surface area contributed by atoms with E-state index < -0.39 is 5.97 Å². The first-order valence-electron chi connectivity index (χ1n) is 5.16. The van der Waals surface area contributed by atoms with Gasteiger partial charge < -0.3 is 14.6 Å². The quantitative estimate of drug-likeness (QED) is 0.659. The van der Waals surface area contributed by atoms with E-state index in [9.17, 15) is 4.79 Å². The lowest BCUT2D eigenvalue weighted by molar-refractivity contribution is -0.137. The maximum absolute atomic E-state index is 10.2. The van der Waals surface area contributed by atoms with E-state index >= 15 is 0 Å². The topological polar surface area (TPSA) is 55.8 Å². The number of rotatable bonds is 6.